The molecule has 0 aromatic heterocycles. The van der Waals surface area contributed by atoms with Crippen molar-refractivity contribution in [1.29, 1.82) is 0 Å². The summed E-state index contributed by atoms with van der Waals surface area (Å²) in [6.07, 6.45) is 4.94. The number of benzene rings is 4. The molecule has 0 heterocycles. The summed E-state index contributed by atoms with van der Waals surface area (Å²) in [6, 6.07) is 26.4. The van der Waals surface area contributed by atoms with E-state index in [1.807, 2.05) is 30.3 Å². The van der Waals surface area contributed by atoms with Crippen molar-refractivity contribution >= 4 is 27.5 Å². The minimum atomic E-state index is -4.29. The van der Waals surface area contributed by atoms with Gasteiger partial charge in [-0.25, -0.2) is 17.2 Å². The van der Waals surface area contributed by atoms with Gasteiger partial charge < -0.3 is 10.2 Å². The van der Waals surface area contributed by atoms with Gasteiger partial charge in [0.2, 0.25) is 11.8 Å². The molecule has 1 saturated carbocycles. The molecule has 10 heteroatoms. The molecule has 0 bridgehead atoms. The fourth-order valence-electron chi connectivity index (χ4n) is 5.74. The smallest absolute Gasteiger partial charge is 0.264 e. The molecule has 1 fully saturated rings. The SMILES string of the molecule is O=C(NC1CCCCC1)[C@H](Cc1ccccc1)N(Cc1ccc(F)cc1)C(=O)CN(c1ccc(F)cc1)S(=O)(=O)c1ccccc1. The van der Waals surface area contributed by atoms with Crippen LogP contribution in [0.4, 0.5) is 14.5 Å². The lowest BCUT2D eigenvalue weighted by Crippen LogP contribution is -2.55. The van der Waals surface area contributed by atoms with Crippen molar-refractivity contribution in [2.75, 3.05) is 10.8 Å². The molecule has 5 rings (SSSR count). The third-order valence-electron chi connectivity index (χ3n) is 8.21. The average molecular weight is 646 g/mol. The highest BCUT2D eigenvalue weighted by atomic mass is 32.2. The van der Waals surface area contributed by atoms with Gasteiger partial charge in [0.15, 0.2) is 0 Å². The van der Waals surface area contributed by atoms with Crippen molar-refractivity contribution in [3.05, 3.63) is 132 Å². The second-order valence-electron chi connectivity index (χ2n) is 11.5. The molecule has 1 N–H and O–H groups in total. The first kappa shape index (κ1) is 32.8. The number of nitrogens with zero attached hydrogens (tertiary/aromatic N) is 2. The topological polar surface area (TPSA) is 86.8 Å². The van der Waals surface area contributed by atoms with Crippen molar-refractivity contribution in [2.24, 2.45) is 0 Å². The zero-order valence-corrected chi connectivity index (χ0v) is 26.2. The molecule has 240 valence electrons. The van der Waals surface area contributed by atoms with Crippen molar-refractivity contribution in [2.45, 2.75) is 62.0 Å². The van der Waals surface area contributed by atoms with E-state index < -0.39 is 40.2 Å². The minimum Gasteiger partial charge on any atom is -0.352 e. The molecule has 0 aliphatic heterocycles. The number of amides is 2. The number of carbonyl (C=O) groups excluding carboxylic acids is 2. The van der Waals surface area contributed by atoms with Crippen LogP contribution in [0.15, 0.2) is 114 Å². The van der Waals surface area contributed by atoms with Crippen LogP contribution in [-0.2, 0) is 32.6 Å². The number of anilines is 1. The van der Waals surface area contributed by atoms with Crippen LogP contribution >= 0.6 is 0 Å². The van der Waals surface area contributed by atoms with Crippen LogP contribution in [0.1, 0.15) is 43.2 Å². The van der Waals surface area contributed by atoms with Crippen molar-refractivity contribution in [3.63, 3.8) is 0 Å². The molecule has 2 amide bonds. The summed E-state index contributed by atoms with van der Waals surface area (Å²) in [5.41, 5.74) is 1.47. The van der Waals surface area contributed by atoms with E-state index in [1.165, 1.54) is 53.4 Å². The lowest BCUT2D eigenvalue weighted by Gasteiger charge is -2.35. The Labute approximate surface area is 268 Å². The Bertz CT molecular complexity index is 1700. The van der Waals surface area contributed by atoms with Gasteiger partial charge in [-0.2, -0.15) is 0 Å². The summed E-state index contributed by atoms with van der Waals surface area (Å²) in [7, 11) is -4.29. The molecule has 4 aromatic carbocycles. The van der Waals surface area contributed by atoms with E-state index in [0.29, 0.717) is 5.56 Å². The predicted octanol–water partition coefficient (Wildman–Crippen LogP) is 6.25. The summed E-state index contributed by atoms with van der Waals surface area (Å²) in [5.74, 6) is -2.00. The minimum absolute atomic E-state index is 0.0310. The van der Waals surface area contributed by atoms with Gasteiger partial charge >= 0.3 is 0 Å². The molecule has 0 saturated heterocycles. The van der Waals surface area contributed by atoms with Gasteiger partial charge in [0, 0.05) is 19.0 Å². The van der Waals surface area contributed by atoms with Crippen molar-refractivity contribution < 1.29 is 26.8 Å². The Morgan fingerprint density at radius 1 is 0.739 bits per heavy atom. The Morgan fingerprint density at radius 2 is 1.30 bits per heavy atom. The molecule has 1 aliphatic carbocycles. The molecule has 1 aliphatic rings. The molecule has 7 nitrogen and oxygen atoms in total. The molecular weight excluding hydrogens is 608 g/mol. The standard InChI is InChI=1S/C36H37F2N3O4S/c37-29-18-16-28(17-19-29)25-40(34(24-27-10-4-1-5-11-27)36(43)39-31-12-6-2-7-13-31)35(42)26-41(32-22-20-30(38)21-23-32)46(44,45)33-14-8-3-9-15-33/h1,3-5,8-11,14-23,31,34H,2,6-7,12-13,24-26H2,(H,39,43)/t34-/m0/s1. The molecular formula is C36H37F2N3O4S. The Balaban J connectivity index is 1.55. The maximum absolute atomic E-state index is 14.5. The maximum Gasteiger partial charge on any atom is 0.264 e. The molecule has 46 heavy (non-hydrogen) atoms. The fourth-order valence-corrected chi connectivity index (χ4v) is 7.18. The van der Waals surface area contributed by atoms with E-state index in [1.54, 1.807) is 18.2 Å². The number of halogens is 2. The highest BCUT2D eigenvalue weighted by Gasteiger charge is 2.35. The molecule has 0 radical (unpaired) electrons. The lowest BCUT2D eigenvalue weighted by molar-refractivity contribution is -0.140. The summed E-state index contributed by atoms with van der Waals surface area (Å²) in [4.78, 5) is 29.9. The second kappa shape index (κ2) is 15.1. The number of carbonyl (C=O) groups is 2. The Hall–Kier alpha value is -4.57. The average Bonchev–Trinajstić information content (AvgIpc) is 3.07. The van der Waals surface area contributed by atoms with Crippen LogP contribution in [0.3, 0.4) is 0 Å². The van der Waals surface area contributed by atoms with E-state index in [4.69, 9.17) is 0 Å². The fraction of sp³-hybridized carbons (Fsp3) is 0.278. The van der Waals surface area contributed by atoms with Crippen LogP contribution < -0.4 is 9.62 Å². The van der Waals surface area contributed by atoms with Crippen LogP contribution in [0.25, 0.3) is 0 Å². The van der Waals surface area contributed by atoms with Crippen molar-refractivity contribution in [1.82, 2.24) is 10.2 Å². The predicted molar refractivity (Wildman–Crippen MR) is 173 cm³/mol. The van der Waals surface area contributed by atoms with Crippen molar-refractivity contribution in [3.8, 4) is 0 Å². The lowest BCUT2D eigenvalue weighted by atomic mass is 9.94. The number of rotatable bonds is 12. The molecule has 0 spiro atoms. The molecule has 4 aromatic rings. The monoisotopic (exact) mass is 645 g/mol. The van der Waals surface area contributed by atoms with Gasteiger partial charge in [-0.15, -0.1) is 0 Å². The van der Waals surface area contributed by atoms with E-state index in [9.17, 15) is 26.8 Å². The second-order valence-corrected chi connectivity index (χ2v) is 13.4. The van der Waals surface area contributed by atoms with Gasteiger partial charge in [-0.3, -0.25) is 13.9 Å². The van der Waals surface area contributed by atoms with Crippen LogP contribution in [0.5, 0.6) is 0 Å². The zero-order valence-electron chi connectivity index (χ0n) is 25.4. The first-order chi connectivity index (χ1) is 22.2. The first-order valence-electron chi connectivity index (χ1n) is 15.4. The third kappa shape index (κ3) is 8.37. The van der Waals surface area contributed by atoms with Gasteiger partial charge in [-0.05, 0) is 72.5 Å². The Kier molecular flexibility index (Phi) is 10.8. The molecule has 1 atom stereocenters. The maximum atomic E-state index is 14.5. The number of nitrogens with one attached hydrogen (secondary N) is 1. The summed E-state index contributed by atoms with van der Waals surface area (Å²) in [5, 5.41) is 3.15. The number of hydrogen-bond donors (Lipinski definition) is 1. The van der Waals surface area contributed by atoms with Crippen LogP contribution in [0, 0.1) is 11.6 Å². The summed E-state index contributed by atoms with van der Waals surface area (Å²) in [6.45, 7) is -0.733. The van der Waals surface area contributed by atoms with E-state index in [-0.39, 0.29) is 35.5 Å². The summed E-state index contributed by atoms with van der Waals surface area (Å²) < 4.78 is 56.6. The molecule has 0 unspecified atom stereocenters. The van der Waals surface area contributed by atoms with E-state index in [0.717, 1.165) is 54.1 Å². The van der Waals surface area contributed by atoms with Crippen LogP contribution in [-0.4, -0.2) is 43.8 Å². The highest BCUT2D eigenvalue weighted by Crippen LogP contribution is 2.26. The number of hydrogen-bond acceptors (Lipinski definition) is 4. The van der Waals surface area contributed by atoms with Gasteiger partial charge in [0.25, 0.3) is 10.0 Å². The first-order valence-corrected chi connectivity index (χ1v) is 16.9. The number of sulfonamides is 1. The summed E-state index contributed by atoms with van der Waals surface area (Å²) >= 11 is 0. The third-order valence-corrected chi connectivity index (χ3v) is 10.0. The van der Waals surface area contributed by atoms with Crippen LogP contribution in [0.2, 0.25) is 0 Å². The zero-order chi connectivity index (χ0) is 32.5. The Morgan fingerprint density at radius 3 is 1.91 bits per heavy atom. The van der Waals surface area contributed by atoms with E-state index in [2.05, 4.69) is 5.32 Å². The largest absolute Gasteiger partial charge is 0.352 e. The van der Waals surface area contributed by atoms with Gasteiger partial charge in [0.1, 0.15) is 24.2 Å². The normalized spacial score (nSPS) is 14.3. The van der Waals surface area contributed by atoms with E-state index >= 15 is 0 Å². The van der Waals surface area contributed by atoms with Gasteiger partial charge in [-0.1, -0.05) is 79.9 Å². The quantitative estimate of drug-likeness (QED) is 0.197. The van der Waals surface area contributed by atoms with Gasteiger partial charge in [0.05, 0.1) is 10.6 Å². The highest BCUT2D eigenvalue weighted by molar-refractivity contribution is 7.92.